The van der Waals surface area contributed by atoms with Crippen molar-refractivity contribution in [3.8, 4) is 5.75 Å². The summed E-state index contributed by atoms with van der Waals surface area (Å²) in [4.78, 5) is 13.3. The zero-order chi connectivity index (χ0) is 25.6. The van der Waals surface area contributed by atoms with E-state index in [1.807, 2.05) is 55.6 Å². The van der Waals surface area contributed by atoms with Crippen LogP contribution in [0, 0.1) is 0 Å². The van der Waals surface area contributed by atoms with Gasteiger partial charge in [0, 0.05) is 23.0 Å². The molecule has 0 N–H and O–H groups in total. The minimum absolute atomic E-state index is 0.301. The van der Waals surface area contributed by atoms with Gasteiger partial charge in [-0.25, -0.2) is 4.79 Å². The second-order valence-electron chi connectivity index (χ2n) is 8.32. The van der Waals surface area contributed by atoms with Gasteiger partial charge in [-0.15, -0.1) is 0 Å². The van der Waals surface area contributed by atoms with Crippen molar-refractivity contribution >= 4 is 29.2 Å². The zero-order valence-electron chi connectivity index (χ0n) is 19.7. The number of benzene rings is 3. The summed E-state index contributed by atoms with van der Waals surface area (Å²) in [6, 6.07) is 21.5. The highest BCUT2D eigenvalue weighted by Crippen LogP contribution is 2.41. The Morgan fingerprint density at radius 3 is 1.91 bits per heavy atom. The third-order valence-corrected chi connectivity index (χ3v) is 6.75. The van der Waals surface area contributed by atoms with Gasteiger partial charge in [-0.2, -0.15) is 8.78 Å². The maximum absolute atomic E-state index is 13.8. The van der Waals surface area contributed by atoms with Gasteiger partial charge in [0.2, 0.25) is 0 Å². The van der Waals surface area contributed by atoms with E-state index in [-0.39, 0.29) is 0 Å². The van der Waals surface area contributed by atoms with E-state index in [4.69, 9.17) is 27.9 Å². The van der Waals surface area contributed by atoms with Gasteiger partial charge in [0.05, 0.1) is 12.6 Å². The molecule has 35 heavy (non-hydrogen) atoms. The monoisotopic (exact) mass is 521 g/mol. The average molecular weight is 522 g/mol. The Balaban J connectivity index is 1.72. The molecule has 0 aliphatic rings. The molecule has 0 aliphatic carbocycles. The Morgan fingerprint density at radius 2 is 1.43 bits per heavy atom. The van der Waals surface area contributed by atoms with Crippen molar-refractivity contribution in [2.45, 2.75) is 24.8 Å². The van der Waals surface area contributed by atoms with Crippen LogP contribution in [-0.2, 0) is 21.5 Å². The highest BCUT2D eigenvalue weighted by Gasteiger charge is 2.40. The Bertz CT molecular complexity index is 1110. The highest BCUT2D eigenvalue weighted by atomic mass is 35.5. The number of carbonyl (C=O) groups excluding carboxylic acids is 1. The van der Waals surface area contributed by atoms with Gasteiger partial charge in [0.1, 0.15) is 12.4 Å². The van der Waals surface area contributed by atoms with Crippen LogP contribution < -0.4 is 4.74 Å². The number of halogens is 4. The van der Waals surface area contributed by atoms with E-state index in [0.717, 1.165) is 18.2 Å². The van der Waals surface area contributed by atoms with Crippen LogP contribution in [0.5, 0.6) is 5.75 Å². The molecule has 0 heterocycles. The number of hydrogen-bond donors (Lipinski definition) is 0. The fraction of sp³-hybridized carbons (Fsp3) is 0.296. The predicted octanol–water partition coefficient (Wildman–Crippen LogP) is 6.62. The molecular weight excluding hydrogens is 495 g/mol. The van der Waals surface area contributed by atoms with E-state index >= 15 is 0 Å². The Kier molecular flexibility index (Phi) is 8.75. The van der Waals surface area contributed by atoms with Crippen molar-refractivity contribution in [2.24, 2.45) is 0 Å². The maximum atomic E-state index is 13.8. The van der Waals surface area contributed by atoms with E-state index in [0.29, 0.717) is 34.5 Å². The van der Waals surface area contributed by atoms with E-state index in [1.165, 1.54) is 12.1 Å². The number of carbonyl (C=O) groups is 1. The molecule has 3 aromatic rings. The molecule has 3 aromatic carbocycles. The van der Waals surface area contributed by atoms with Crippen LogP contribution in [0.2, 0.25) is 10.0 Å². The molecule has 0 aromatic heterocycles. The highest BCUT2D eigenvalue weighted by molar-refractivity contribution is 6.32. The van der Waals surface area contributed by atoms with Crippen LogP contribution >= 0.6 is 23.2 Å². The van der Waals surface area contributed by atoms with E-state index in [2.05, 4.69) is 16.6 Å². The molecular formula is C27H27Cl2F2NO3. The molecule has 0 aliphatic heterocycles. The summed E-state index contributed by atoms with van der Waals surface area (Å²) in [5, 5.41) is 1.25. The van der Waals surface area contributed by atoms with E-state index in [9.17, 15) is 13.6 Å². The first-order chi connectivity index (χ1) is 16.6. The molecule has 0 amide bonds. The molecule has 0 bridgehead atoms. The van der Waals surface area contributed by atoms with Gasteiger partial charge in [-0.1, -0.05) is 71.7 Å². The third-order valence-electron chi connectivity index (χ3n) is 6.09. The average Bonchev–Trinajstić information content (AvgIpc) is 2.84. The summed E-state index contributed by atoms with van der Waals surface area (Å²) < 4.78 is 37.7. The molecule has 0 saturated heterocycles. The number of likely N-dealkylation sites (N-methyl/N-ethyl adjacent to an activating group) is 1. The van der Waals surface area contributed by atoms with Crippen LogP contribution in [0.1, 0.15) is 23.6 Å². The summed E-state index contributed by atoms with van der Waals surface area (Å²) in [6.07, 6.45) is -0.739. The molecule has 0 fully saturated rings. The summed E-state index contributed by atoms with van der Waals surface area (Å²) >= 11 is 13.2. The molecule has 0 atom stereocenters. The fourth-order valence-corrected chi connectivity index (χ4v) is 4.61. The smallest absolute Gasteiger partial charge is 0.377 e. The van der Waals surface area contributed by atoms with Crippen molar-refractivity contribution in [3.05, 3.63) is 99.5 Å². The van der Waals surface area contributed by atoms with Crippen molar-refractivity contribution in [2.75, 3.05) is 27.3 Å². The van der Waals surface area contributed by atoms with Crippen molar-refractivity contribution in [1.29, 1.82) is 0 Å². The molecule has 8 heteroatoms. The van der Waals surface area contributed by atoms with Crippen LogP contribution in [0.15, 0.2) is 72.8 Å². The number of esters is 1. The van der Waals surface area contributed by atoms with Gasteiger partial charge in [-0.05, 0) is 54.9 Å². The Labute approximate surface area is 214 Å². The first kappa shape index (κ1) is 26.9. The zero-order valence-corrected chi connectivity index (χ0v) is 21.2. The number of methoxy groups -OCH3 is 1. The molecule has 0 radical (unpaired) electrons. The maximum Gasteiger partial charge on any atom is 0.377 e. The quantitative estimate of drug-likeness (QED) is 0.281. The van der Waals surface area contributed by atoms with Gasteiger partial charge in [0.25, 0.3) is 0 Å². The topological polar surface area (TPSA) is 38.8 Å². The van der Waals surface area contributed by atoms with Crippen molar-refractivity contribution in [1.82, 2.24) is 4.90 Å². The van der Waals surface area contributed by atoms with Crippen LogP contribution in [-0.4, -0.2) is 44.1 Å². The van der Waals surface area contributed by atoms with Gasteiger partial charge in [-0.3, -0.25) is 4.90 Å². The van der Waals surface area contributed by atoms with Gasteiger partial charge >= 0.3 is 11.9 Å². The lowest BCUT2D eigenvalue weighted by Gasteiger charge is -2.41. The summed E-state index contributed by atoms with van der Waals surface area (Å²) in [6.45, 7) is 2.92. The molecule has 186 valence electrons. The first-order valence-corrected chi connectivity index (χ1v) is 11.7. The third kappa shape index (κ3) is 6.13. The summed E-state index contributed by atoms with van der Waals surface area (Å²) in [5.41, 5.74) is 1.49. The first-order valence-electron chi connectivity index (χ1n) is 11.0. The van der Waals surface area contributed by atoms with E-state index in [1.54, 1.807) is 12.1 Å². The molecule has 3 rings (SSSR count). The number of nitrogens with zero attached hydrogens (tertiary/aromatic N) is 1. The van der Waals surface area contributed by atoms with Gasteiger partial charge in [0.15, 0.2) is 0 Å². The fourth-order valence-electron chi connectivity index (χ4n) is 3.97. The number of ether oxygens (including phenoxy) is 2. The normalized spacial score (nSPS) is 12.0. The Hall–Kier alpha value is -2.67. The van der Waals surface area contributed by atoms with Crippen molar-refractivity contribution in [3.63, 3.8) is 0 Å². The number of alkyl halides is 2. The van der Waals surface area contributed by atoms with Crippen LogP contribution in [0.3, 0.4) is 0 Å². The van der Waals surface area contributed by atoms with Crippen LogP contribution in [0.4, 0.5) is 8.78 Å². The lowest BCUT2D eigenvalue weighted by Crippen LogP contribution is -2.44. The summed E-state index contributed by atoms with van der Waals surface area (Å²) in [7, 11) is 2.90. The van der Waals surface area contributed by atoms with Gasteiger partial charge < -0.3 is 9.47 Å². The summed E-state index contributed by atoms with van der Waals surface area (Å²) in [5.74, 6) is -4.61. The Morgan fingerprint density at radius 1 is 0.914 bits per heavy atom. The molecule has 4 nitrogen and oxygen atoms in total. The number of hydrogen-bond acceptors (Lipinski definition) is 4. The van der Waals surface area contributed by atoms with Crippen molar-refractivity contribution < 1.29 is 23.0 Å². The van der Waals surface area contributed by atoms with E-state index < -0.39 is 23.9 Å². The van der Waals surface area contributed by atoms with Crippen LogP contribution in [0.25, 0.3) is 0 Å². The standard InChI is InChI=1S/C27H27Cl2F2NO3/c1-26(21-8-4-6-10-23(21)28,22-9-5-7-11-24(22)29)32(2)16-17-35-20-14-12-19(13-15-20)18-27(30,31)25(33)34-3/h4-15H,16-18H2,1-3H3. The second-order valence-corrected chi connectivity index (χ2v) is 9.13. The number of rotatable bonds is 10. The lowest BCUT2D eigenvalue weighted by atomic mass is 9.83. The molecule has 0 spiro atoms. The minimum atomic E-state index is -3.58. The predicted molar refractivity (Wildman–Crippen MR) is 135 cm³/mol. The SMILES string of the molecule is COC(=O)C(F)(F)Cc1ccc(OCCN(C)C(C)(c2ccccc2Cl)c2ccccc2Cl)cc1. The second kappa shape index (κ2) is 11.4. The lowest BCUT2D eigenvalue weighted by molar-refractivity contribution is -0.168. The molecule has 0 saturated carbocycles. The molecule has 0 unspecified atom stereocenters. The minimum Gasteiger partial charge on any atom is -0.492 e. The largest absolute Gasteiger partial charge is 0.492 e.